The van der Waals surface area contributed by atoms with Crippen LogP contribution in [-0.2, 0) is 24.0 Å². The number of carbonyl (C=O) groups excluding carboxylic acids is 2. The van der Waals surface area contributed by atoms with Gasteiger partial charge in [-0.05, 0) is 29.5 Å². The Hall–Kier alpha value is -4.88. The zero-order valence-corrected chi connectivity index (χ0v) is 24.9. The second-order valence-corrected chi connectivity index (χ2v) is 12.1. The number of carboxylic acid groups (broad SMARTS) is 2. The number of rotatable bonds is 11. The van der Waals surface area contributed by atoms with E-state index >= 15 is 0 Å². The molecule has 5 rings (SSSR count). The summed E-state index contributed by atoms with van der Waals surface area (Å²) in [5.41, 5.74) is 18.5. The van der Waals surface area contributed by atoms with E-state index in [0.717, 1.165) is 21.9 Å². The molecule has 0 spiro atoms. The van der Waals surface area contributed by atoms with Gasteiger partial charge in [0.25, 0.3) is 11.8 Å². The summed E-state index contributed by atoms with van der Waals surface area (Å²) in [6.45, 7) is -0.818. The quantitative estimate of drug-likeness (QED) is 0.0393. The first-order chi connectivity index (χ1) is 21.0. The lowest BCUT2D eigenvalue weighted by atomic mass is 10.0. The number of hydrogen-bond acceptors (Lipinski definition) is 14. The predicted molar refractivity (Wildman–Crippen MR) is 162 cm³/mol. The summed E-state index contributed by atoms with van der Waals surface area (Å²) in [5, 5.41) is 26.3. The molecular weight excluding hydrogens is 635 g/mol. The van der Waals surface area contributed by atoms with E-state index in [1.165, 1.54) is 35.0 Å². The first-order valence-electron chi connectivity index (χ1n) is 12.6. The van der Waals surface area contributed by atoms with E-state index in [9.17, 15) is 24.3 Å². The van der Waals surface area contributed by atoms with Gasteiger partial charge in [-0.1, -0.05) is 28.3 Å². The summed E-state index contributed by atoms with van der Waals surface area (Å²) < 4.78 is 1.69. The highest BCUT2D eigenvalue weighted by atomic mass is 32.2. The van der Waals surface area contributed by atoms with E-state index in [0.29, 0.717) is 16.5 Å². The second kappa shape index (κ2) is 12.8. The summed E-state index contributed by atoms with van der Waals surface area (Å²) in [4.78, 5) is 63.8. The Labute approximate surface area is 261 Å². The molecule has 2 aliphatic heterocycles. The van der Waals surface area contributed by atoms with Crippen molar-refractivity contribution in [1.82, 2.24) is 20.2 Å². The summed E-state index contributed by atoms with van der Waals surface area (Å²) in [7, 11) is 0. The van der Waals surface area contributed by atoms with Gasteiger partial charge < -0.3 is 37.6 Å². The number of carboxylic acids is 2. The van der Waals surface area contributed by atoms with Crippen molar-refractivity contribution in [3.63, 3.8) is 0 Å². The summed E-state index contributed by atoms with van der Waals surface area (Å²) in [6.07, 6.45) is 0. The number of nitrogens with one attached hydrogen (secondary N) is 1. The first kappa shape index (κ1) is 30.6. The summed E-state index contributed by atoms with van der Waals surface area (Å²) in [6, 6.07) is 9.64. The molecule has 2 amide bonds. The molecule has 9 N–H and O–H groups in total. The monoisotopic (exact) mass is 658 g/mol. The zero-order chi connectivity index (χ0) is 31.5. The molecule has 1 unspecified atom stereocenters. The van der Waals surface area contributed by atoms with Gasteiger partial charge in [0.2, 0.25) is 18.2 Å². The maximum Gasteiger partial charge on any atom is 0.352 e. The van der Waals surface area contributed by atoms with Gasteiger partial charge in [-0.3, -0.25) is 14.5 Å². The van der Waals surface area contributed by atoms with Crippen LogP contribution in [0.15, 0.2) is 63.4 Å². The van der Waals surface area contributed by atoms with Gasteiger partial charge in [0.15, 0.2) is 10.8 Å². The maximum atomic E-state index is 13.2. The number of thiazole rings is 1. The first-order valence-corrected chi connectivity index (χ1v) is 15.5. The highest BCUT2D eigenvalue weighted by Gasteiger charge is 2.54. The summed E-state index contributed by atoms with van der Waals surface area (Å²) in [5.74, 6) is -3.22. The van der Waals surface area contributed by atoms with Crippen LogP contribution in [0.25, 0.3) is 5.69 Å². The fourth-order valence-corrected chi connectivity index (χ4v) is 7.44. The van der Waals surface area contributed by atoms with Crippen molar-refractivity contribution in [2.24, 2.45) is 5.16 Å². The Balaban J connectivity index is 1.35. The molecule has 2 atom stereocenters. The molecule has 44 heavy (non-hydrogen) atoms. The van der Waals surface area contributed by atoms with Crippen LogP contribution in [0.5, 0.6) is 0 Å². The SMILES string of the molecule is Nc1cc(N)[n+](-c2ccccc2)c(SCC2=C(C(=O)O)N3C(=O)C(NC(=O)/C(=N\OCC(=O)O)c4csc(N)n4)[C@H]3SC2)n1. The van der Waals surface area contributed by atoms with Crippen LogP contribution in [0.2, 0.25) is 0 Å². The van der Waals surface area contributed by atoms with Crippen LogP contribution >= 0.6 is 34.9 Å². The average molecular weight is 659 g/mol. The number of aliphatic carboxylic acids is 2. The molecule has 4 heterocycles. The third kappa shape index (κ3) is 6.24. The molecule has 3 aromatic rings. The lowest BCUT2D eigenvalue weighted by Gasteiger charge is -2.49. The number of amides is 2. The number of para-hydroxylation sites is 1. The molecule has 16 nitrogen and oxygen atoms in total. The normalized spacial score (nSPS) is 18.0. The molecule has 1 fully saturated rings. The van der Waals surface area contributed by atoms with E-state index < -0.39 is 47.5 Å². The minimum absolute atomic E-state index is 0.0179. The molecule has 228 valence electrons. The largest absolute Gasteiger partial charge is 0.479 e. The molecule has 0 bridgehead atoms. The van der Waals surface area contributed by atoms with Crippen LogP contribution in [0, 0.1) is 0 Å². The lowest BCUT2D eigenvalue weighted by Crippen LogP contribution is -2.71. The number of oxime groups is 1. The number of aromatic nitrogens is 3. The van der Waals surface area contributed by atoms with Gasteiger partial charge in [0.05, 0.1) is 6.07 Å². The van der Waals surface area contributed by atoms with Crippen molar-refractivity contribution < 1.29 is 38.8 Å². The third-order valence-corrected chi connectivity index (χ3v) is 9.26. The van der Waals surface area contributed by atoms with Crippen molar-refractivity contribution in [2.75, 3.05) is 35.3 Å². The summed E-state index contributed by atoms with van der Waals surface area (Å²) >= 11 is 3.50. The van der Waals surface area contributed by atoms with Gasteiger partial charge in [0, 0.05) is 16.9 Å². The Kier molecular flexibility index (Phi) is 8.88. The van der Waals surface area contributed by atoms with Crippen LogP contribution in [0.1, 0.15) is 5.69 Å². The number of β-lactam (4-membered cyclic amide) rings is 1. The predicted octanol–water partition coefficient (Wildman–Crippen LogP) is -0.102. The average Bonchev–Trinajstić information content (AvgIpc) is 3.41. The van der Waals surface area contributed by atoms with Crippen molar-refractivity contribution in [1.29, 1.82) is 0 Å². The molecule has 2 aliphatic rings. The lowest BCUT2D eigenvalue weighted by molar-refractivity contribution is -0.626. The fraction of sp³-hybridized carbons (Fsp3) is 0.200. The number of benzene rings is 1. The Morgan fingerprint density at radius 2 is 1.93 bits per heavy atom. The number of anilines is 3. The number of fused-ring (bicyclic) bond motifs is 1. The van der Waals surface area contributed by atoms with E-state index in [-0.39, 0.29) is 33.8 Å². The molecule has 19 heteroatoms. The highest BCUT2D eigenvalue weighted by Crippen LogP contribution is 2.41. The molecule has 0 radical (unpaired) electrons. The molecule has 0 saturated carbocycles. The maximum absolute atomic E-state index is 13.2. The number of hydrogen-bond donors (Lipinski definition) is 6. The standard InChI is InChI=1S/C25H23N9O7S3/c26-14-6-15(27)33(12-4-2-1-3-5-12)25(30-14)44-9-11-8-42-22-18(21(38)34(22)19(11)23(39)40)31-20(37)17(32-41-7-16(35)36)13-10-43-24(28)29-13/h1-6,10,18,22H,7-9H2,(H8,26,27,28,29,31,35,36,37,39,40)/p+1/b32-17-/t18?,22-/m1/s1. The second-order valence-electron chi connectivity index (χ2n) is 9.14. The molecule has 0 aliphatic carbocycles. The molecule has 1 saturated heterocycles. The van der Waals surface area contributed by atoms with Crippen LogP contribution < -0.4 is 27.1 Å². The van der Waals surface area contributed by atoms with Crippen LogP contribution in [-0.4, -0.2) is 84.1 Å². The van der Waals surface area contributed by atoms with Gasteiger partial charge in [-0.15, -0.1) is 23.1 Å². The minimum atomic E-state index is -1.32. The number of thioether (sulfide) groups is 2. The number of carbonyl (C=O) groups is 4. The fourth-order valence-electron chi connectivity index (χ4n) is 4.36. The Morgan fingerprint density at radius 1 is 1.18 bits per heavy atom. The van der Waals surface area contributed by atoms with Gasteiger partial charge in [-0.25, -0.2) is 14.6 Å². The Morgan fingerprint density at radius 3 is 2.59 bits per heavy atom. The van der Waals surface area contributed by atoms with Crippen molar-refractivity contribution in [3.05, 3.63) is 58.7 Å². The minimum Gasteiger partial charge on any atom is -0.479 e. The smallest absolute Gasteiger partial charge is 0.352 e. The van der Waals surface area contributed by atoms with E-state index in [2.05, 4.69) is 20.4 Å². The highest BCUT2D eigenvalue weighted by molar-refractivity contribution is 8.01. The van der Waals surface area contributed by atoms with E-state index in [1.54, 1.807) is 4.57 Å². The van der Waals surface area contributed by atoms with Crippen molar-refractivity contribution >= 4 is 81.1 Å². The van der Waals surface area contributed by atoms with Gasteiger partial charge in [-0.2, -0.15) is 4.57 Å². The van der Waals surface area contributed by atoms with Gasteiger partial charge in [0.1, 0.15) is 28.5 Å². The molecular formula is C25H24N9O7S3+. The van der Waals surface area contributed by atoms with E-state index in [1.807, 2.05) is 30.3 Å². The number of nitrogens with two attached hydrogens (primary N) is 3. The molecule has 1 aromatic carbocycles. The van der Waals surface area contributed by atoms with Crippen LogP contribution in [0.3, 0.4) is 0 Å². The topological polar surface area (TPSA) is 253 Å². The van der Waals surface area contributed by atoms with E-state index in [4.69, 9.17) is 27.1 Å². The number of nitrogens with zero attached hydrogens (tertiary/aromatic N) is 5. The van der Waals surface area contributed by atoms with Gasteiger partial charge >= 0.3 is 17.1 Å². The van der Waals surface area contributed by atoms with Crippen molar-refractivity contribution in [3.8, 4) is 5.69 Å². The number of nitrogen functional groups attached to an aromatic ring is 3. The zero-order valence-electron chi connectivity index (χ0n) is 22.4. The molecule has 2 aromatic heterocycles. The van der Waals surface area contributed by atoms with Crippen molar-refractivity contribution in [2.45, 2.75) is 16.6 Å². The van der Waals surface area contributed by atoms with Crippen LogP contribution in [0.4, 0.5) is 16.8 Å². The third-order valence-electron chi connectivity index (χ3n) is 6.22. The Bertz CT molecular complexity index is 1710.